The summed E-state index contributed by atoms with van der Waals surface area (Å²) < 4.78 is 20.8. The zero-order valence-corrected chi connectivity index (χ0v) is 24.6. The second kappa shape index (κ2) is 11.0. The molecule has 0 saturated carbocycles. The van der Waals surface area contributed by atoms with Crippen molar-refractivity contribution in [3.8, 4) is 5.75 Å². The van der Waals surface area contributed by atoms with E-state index in [1.54, 1.807) is 36.8 Å². The third-order valence-electron chi connectivity index (χ3n) is 5.32. The zero-order valence-electron chi connectivity index (χ0n) is 19.1. The molecule has 2 aromatic heterocycles. The van der Waals surface area contributed by atoms with Crippen LogP contribution in [0.3, 0.4) is 0 Å². The molecule has 1 atom stereocenters. The van der Waals surface area contributed by atoms with E-state index >= 15 is 0 Å². The average Bonchev–Trinajstić information content (AvgIpc) is 3.30. The quantitative estimate of drug-likeness (QED) is 0.308. The number of furan rings is 1. The Morgan fingerprint density at radius 1 is 1.26 bits per heavy atom. The predicted octanol–water partition coefficient (Wildman–Crippen LogP) is 5.47. The molecule has 0 aliphatic carbocycles. The lowest BCUT2D eigenvalue weighted by Gasteiger charge is -2.27. The number of fused-ring (bicyclic) bond motifs is 1. The van der Waals surface area contributed by atoms with E-state index in [-0.39, 0.29) is 12.2 Å². The van der Waals surface area contributed by atoms with Gasteiger partial charge in [-0.25, -0.2) is 9.79 Å². The molecule has 0 spiro atoms. The van der Waals surface area contributed by atoms with Crippen molar-refractivity contribution in [1.29, 1.82) is 0 Å². The number of aromatic nitrogens is 1. The van der Waals surface area contributed by atoms with E-state index in [1.807, 2.05) is 19.1 Å². The van der Waals surface area contributed by atoms with Crippen molar-refractivity contribution >= 4 is 71.2 Å². The summed E-state index contributed by atoms with van der Waals surface area (Å²) in [6, 6.07) is 6.50. The van der Waals surface area contributed by atoms with E-state index in [0.717, 1.165) is 15.4 Å². The first kappa shape index (κ1) is 26.1. The highest BCUT2D eigenvalue weighted by Crippen LogP contribution is 2.38. The fraction of sp³-hybridized carbons (Fsp3) is 0.292. The number of rotatable bonds is 7. The molecule has 0 N–H and O–H groups in total. The van der Waals surface area contributed by atoms with Crippen LogP contribution in [0.5, 0.6) is 5.75 Å². The Labute approximate surface area is 230 Å². The summed E-state index contributed by atoms with van der Waals surface area (Å²) >= 11 is 11.5. The minimum Gasteiger partial charge on any atom is -0.496 e. The van der Waals surface area contributed by atoms with E-state index in [0.29, 0.717) is 48.8 Å². The fourth-order valence-corrected chi connectivity index (χ4v) is 5.88. The number of nitrogens with zero attached hydrogens (tertiary/aromatic N) is 2. The van der Waals surface area contributed by atoms with Gasteiger partial charge in [-0.05, 0) is 69.5 Å². The molecule has 0 saturated heterocycles. The highest BCUT2D eigenvalue weighted by atomic mass is 79.9. The van der Waals surface area contributed by atoms with E-state index in [1.165, 1.54) is 11.3 Å². The van der Waals surface area contributed by atoms with Crippen LogP contribution < -0.4 is 19.6 Å². The van der Waals surface area contributed by atoms with Gasteiger partial charge in [-0.1, -0.05) is 40.6 Å². The van der Waals surface area contributed by atoms with Gasteiger partial charge in [-0.2, -0.15) is 0 Å². The molecule has 1 aromatic carbocycles. The topological polar surface area (TPSA) is 83.0 Å². The summed E-state index contributed by atoms with van der Waals surface area (Å²) in [6.07, 6.45) is 3.00. The number of carbonyl (C=O) groups is 1. The smallest absolute Gasteiger partial charge is 0.338 e. The predicted molar refractivity (Wildman–Crippen MR) is 144 cm³/mol. The summed E-state index contributed by atoms with van der Waals surface area (Å²) in [5, 5.41) is 0. The number of carbonyl (C=O) groups excluding carboxylic acids is 1. The van der Waals surface area contributed by atoms with E-state index in [4.69, 9.17) is 18.9 Å². The van der Waals surface area contributed by atoms with E-state index in [2.05, 4.69) is 47.8 Å². The Hall–Kier alpha value is -1.95. The fourth-order valence-electron chi connectivity index (χ4n) is 3.90. The Bertz CT molecular complexity index is 1480. The van der Waals surface area contributed by atoms with Crippen LogP contribution in [0.2, 0.25) is 0 Å². The highest BCUT2D eigenvalue weighted by Gasteiger charge is 2.36. The van der Waals surface area contributed by atoms with Crippen LogP contribution in [-0.2, 0) is 9.53 Å². The molecule has 1 aliphatic heterocycles. The van der Waals surface area contributed by atoms with E-state index < -0.39 is 12.0 Å². The third-order valence-corrected chi connectivity index (χ3v) is 8.50. The highest BCUT2D eigenvalue weighted by molar-refractivity contribution is 9.13. The third kappa shape index (κ3) is 5.14. The maximum atomic E-state index is 13.8. The monoisotopic (exact) mass is 686 g/mol. The van der Waals surface area contributed by atoms with Gasteiger partial charge in [0.15, 0.2) is 9.47 Å². The summed E-state index contributed by atoms with van der Waals surface area (Å²) in [5.41, 5.74) is 1.31. The van der Waals surface area contributed by atoms with Crippen LogP contribution in [0.25, 0.3) is 6.08 Å². The molecule has 0 fully saturated rings. The molecule has 4 rings (SSSR count). The van der Waals surface area contributed by atoms with Crippen molar-refractivity contribution in [2.45, 2.75) is 32.7 Å². The summed E-state index contributed by atoms with van der Waals surface area (Å²) in [6.45, 7) is 3.97. The maximum absolute atomic E-state index is 13.8. The molecule has 7 nitrogen and oxygen atoms in total. The van der Waals surface area contributed by atoms with Crippen LogP contribution in [0.15, 0.2) is 63.4 Å². The lowest BCUT2D eigenvalue weighted by molar-refractivity contribution is -0.139. The Morgan fingerprint density at radius 2 is 2.03 bits per heavy atom. The number of methoxy groups -OCH3 is 1. The molecule has 0 radical (unpaired) electrons. The number of halogens is 3. The molecule has 1 aliphatic rings. The number of hydrogen-bond acceptors (Lipinski definition) is 7. The van der Waals surface area contributed by atoms with Gasteiger partial charge in [0.25, 0.3) is 5.56 Å². The van der Waals surface area contributed by atoms with Crippen LogP contribution in [0, 0.1) is 0 Å². The van der Waals surface area contributed by atoms with Crippen molar-refractivity contribution in [2.75, 3.05) is 13.7 Å². The summed E-state index contributed by atoms with van der Waals surface area (Å²) in [5.74, 6) is 0.551. The first-order valence-electron chi connectivity index (χ1n) is 10.8. The minimum atomic E-state index is -0.767. The second-order valence-electron chi connectivity index (χ2n) is 7.57. The Balaban J connectivity index is 2.05. The summed E-state index contributed by atoms with van der Waals surface area (Å²) in [7, 11) is 1.56. The molecular weight excluding hydrogens is 668 g/mol. The largest absolute Gasteiger partial charge is 0.496 e. The molecule has 11 heteroatoms. The minimum absolute atomic E-state index is 0.205. The van der Waals surface area contributed by atoms with Crippen LogP contribution in [0.1, 0.15) is 44.1 Å². The van der Waals surface area contributed by atoms with Gasteiger partial charge in [-0.3, -0.25) is 9.36 Å². The maximum Gasteiger partial charge on any atom is 0.338 e. The molecule has 3 heterocycles. The molecule has 0 amide bonds. The molecule has 3 aromatic rings. The first-order chi connectivity index (χ1) is 16.8. The van der Waals surface area contributed by atoms with Gasteiger partial charge >= 0.3 is 5.97 Å². The van der Waals surface area contributed by atoms with Gasteiger partial charge < -0.3 is 13.9 Å². The number of ether oxygens (including phenoxy) is 2. The number of allylic oxidation sites excluding steroid dienone is 1. The number of esters is 1. The second-order valence-corrected chi connectivity index (χ2v) is 11.1. The SMILES string of the molecule is CCCC1=C(C(=O)OCC)[C@@H](c2cc(Br)ccc2OC)n2c(s/c(=C/c3cc(Br)c(Br)o3)c2=O)=N1. The van der Waals surface area contributed by atoms with Gasteiger partial charge in [0.1, 0.15) is 17.6 Å². The van der Waals surface area contributed by atoms with Gasteiger partial charge in [0, 0.05) is 16.1 Å². The Morgan fingerprint density at radius 3 is 2.66 bits per heavy atom. The number of benzene rings is 1. The van der Waals surface area contributed by atoms with E-state index in [9.17, 15) is 9.59 Å². The number of hydrogen-bond donors (Lipinski definition) is 0. The van der Waals surface area contributed by atoms with Crippen molar-refractivity contribution in [3.63, 3.8) is 0 Å². The molecule has 0 bridgehead atoms. The van der Waals surface area contributed by atoms with Gasteiger partial charge in [0.05, 0.1) is 34.0 Å². The van der Waals surface area contributed by atoms with Crippen molar-refractivity contribution < 1.29 is 18.7 Å². The van der Waals surface area contributed by atoms with Crippen LogP contribution in [0.4, 0.5) is 0 Å². The van der Waals surface area contributed by atoms with Crippen molar-refractivity contribution in [1.82, 2.24) is 4.57 Å². The molecule has 184 valence electrons. The zero-order chi connectivity index (χ0) is 25.3. The van der Waals surface area contributed by atoms with Crippen LogP contribution >= 0.6 is 59.1 Å². The first-order valence-corrected chi connectivity index (χ1v) is 14.0. The standard InChI is InChI=1S/C24H21Br3N2O5S/c1-4-6-16-19(23(31)33-5-2)20(14-9-12(25)7-8-17(14)32-3)29-22(30)18(35-24(29)28-16)11-13-10-15(26)21(27)34-13/h7-11,20H,4-6H2,1-3H3/b18-11+/t20-/m1/s1. The molecule has 35 heavy (non-hydrogen) atoms. The lowest BCUT2D eigenvalue weighted by Crippen LogP contribution is -2.40. The molecule has 0 unspecified atom stereocenters. The van der Waals surface area contributed by atoms with Crippen LogP contribution in [-0.4, -0.2) is 24.3 Å². The molecular formula is C24H21Br3N2O5S. The normalized spacial score (nSPS) is 15.7. The number of thiazole rings is 1. The Kier molecular flexibility index (Phi) is 8.19. The lowest BCUT2D eigenvalue weighted by atomic mass is 9.93. The average molecular weight is 689 g/mol. The van der Waals surface area contributed by atoms with Crippen molar-refractivity contribution in [2.24, 2.45) is 4.99 Å². The van der Waals surface area contributed by atoms with Crippen molar-refractivity contribution in [3.05, 3.63) is 80.2 Å². The van der Waals surface area contributed by atoms with Gasteiger partial charge in [-0.15, -0.1) is 0 Å². The summed E-state index contributed by atoms with van der Waals surface area (Å²) in [4.78, 5) is 32.3. The van der Waals surface area contributed by atoms with Gasteiger partial charge in [0.2, 0.25) is 0 Å².